The quantitative estimate of drug-likeness (QED) is 0.828. The van der Waals surface area contributed by atoms with Crippen LogP contribution in [0.25, 0.3) is 0 Å². The van der Waals surface area contributed by atoms with Gasteiger partial charge in [0.1, 0.15) is 12.4 Å². The molecule has 0 N–H and O–H groups in total. The Hall–Kier alpha value is -2.08. The average molecular weight is 304 g/mol. The molecule has 1 unspecified atom stereocenters. The predicted octanol–water partition coefficient (Wildman–Crippen LogP) is 0.788. The minimum atomic E-state index is -0.651. The van der Waals surface area contributed by atoms with Crippen molar-refractivity contribution in [2.24, 2.45) is 0 Å². The number of nitrogens with zero attached hydrogens (tertiary/aromatic N) is 2. The van der Waals surface area contributed by atoms with Crippen molar-refractivity contribution in [3.8, 4) is 5.75 Å². The Morgan fingerprint density at radius 1 is 1.36 bits per heavy atom. The van der Waals surface area contributed by atoms with Gasteiger partial charge in [0, 0.05) is 32.9 Å². The second-order valence-electron chi connectivity index (χ2n) is 5.83. The zero-order valence-electron chi connectivity index (χ0n) is 13.1. The third kappa shape index (κ3) is 1.98. The maximum Gasteiger partial charge on any atom is 0.248 e. The molecule has 2 aliphatic rings. The van der Waals surface area contributed by atoms with Gasteiger partial charge in [0.25, 0.3) is 0 Å². The van der Waals surface area contributed by atoms with Crippen molar-refractivity contribution in [3.05, 3.63) is 23.8 Å². The lowest BCUT2D eigenvalue weighted by Gasteiger charge is -2.23. The summed E-state index contributed by atoms with van der Waals surface area (Å²) in [6, 6.07) is 5.67. The van der Waals surface area contributed by atoms with Crippen molar-refractivity contribution in [1.29, 1.82) is 0 Å². The normalized spacial score (nSPS) is 23.3. The van der Waals surface area contributed by atoms with Crippen molar-refractivity contribution in [2.75, 3.05) is 45.9 Å². The SMILES string of the molecule is COCC(=O)N1CCC2(C1)C(=O)N(C)c1ccc(OC)cc12. The van der Waals surface area contributed by atoms with Gasteiger partial charge in [0.05, 0.1) is 12.5 Å². The second kappa shape index (κ2) is 5.28. The number of methoxy groups -OCH3 is 2. The topological polar surface area (TPSA) is 59.1 Å². The second-order valence-corrected chi connectivity index (χ2v) is 5.83. The monoisotopic (exact) mass is 304 g/mol. The summed E-state index contributed by atoms with van der Waals surface area (Å²) in [7, 11) is 4.89. The van der Waals surface area contributed by atoms with Gasteiger partial charge in [-0.2, -0.15) is 0 Å². The van der Waals surface area contributed by atoms with Gasteiger partial charge in [-0.05, 0) is 30.2 Å². The average Bonchev–Trinajstić information content (AvgIpc) is 3.06. The van der Waals surface area contributed by atoms with Crippen LogP contribution in [-0.4, -0.2) is 57.7 Å². The van der Waals surface area contributed by atoms with Crippen LogP contribution in [0.3, 0.4) is 0 Å². The molecule has 1 fully saturated rings. The largest absolute Gasteiger partial charge is 0.497 e. The standard InChI is InChI=1S/C16H20N2O4/c1-17-13-5-4-11(22-3)8-12(13)16(15(17)20)6-7-18(10-16)14(19)9-21-2/h4-5,8H,6-7,9-10H2,1-3H3. The van der Waals surface area contributed by atoms with E-state index >= 15 is 0 Å². The molecule has 2 amide bonds. The Bertz CT molecular complexity index is 631. The summed E-state index contributed by atoms with van der Waals surface area (Å²) >= 11 is 0. The molecule has 0 bridgehead atoms. The van der Waals surface area contributed by atoms with E-state index in [0.717, 1.165) is 17.0 Å². The Kier molecular flexibility index (Phi) is 3.56. The number of benzene rings is 1. The van der Waals surface area contributed by atoms with Crippen LogP contribution in [-0.2, 0) is 19.7 Å². The Morgan fingerprint density at radius 3 is 2.82 bits per heavy atom. The lowest BCUT2D eigenvalue weighted by atomic mass is 9.81. The first-order valence-corrected chi connectivity index (χ1v) is 7.27. The number of carbonyl (C=O) groups excluding carboxylic acids is 2. The minimum absolute atomic E-state index is 0.0449. The molecule has 1 aromatic carbocycles. The van der Waals surface area contributed by atoms with Crippen LogP contribution in [0.5, 0.6) is 5.75 Å². The highest BCUT2D eigenvalue weighted by Gasteiger charge is 2.54. The number of anilines is 1. The molecule has 118 valence electrons. The number of amides is 2. The molecule has 0 aromatic heterocycles. The Morgan fingerprint density at radius 2 is 2.14 bits per heavy atom. The predicted molar refractivity (Wildman–Crippen MR) is 81.2 cm³/mol. The fourth-order valence-corrected chi connectivity index (χ4v) is 3.50. The van der Waals surface area contributed by atoms with Crippen LogP contribution >= 0.6 is 0 Å². The van der Waals surface area contributed by atoms with Crippen LogP contribution in [0.2, 0.25) is 0 Å². The van der Waals surface area contributed by atoms with Crippen LogP contribution in [0.4, 0.5) is 5.69 Å². The van der Waals surface area contributed by atoms with Gasteiger partial charge in [-0.15, -0.1) is 0 Å². The third-order valence-corrected chi connectivity index (χ3v) is 4.68. The van der Waals surface area contributed by atoms with Crippen molar-refractivity contribution in [1.82, 2.24) is 4.90 Å². The Balaban J connectivity index is 1.98. The molecule has 1 saturated heterocycles. The number of hydrogen-bond donors (Lipinski definition) is 0. The molecular weight excluding hydrogens is 284 g/mol. The zero-order chi connectivity index (χ0) is 15.9. The molecule has 6 heteroatoms. The number of ether oxygens (including phenoxy) is 2. The van der Waals surface area contributed by atoms with E-state index in [4.69, 9.17) is 9.47 Å². The maximum atomic E-state index is 12.8. The smallest absolute Gasteiger partial charge is 0.248 e. The van der Waals surface area contributed by atoms with E-state index in [9.17, 15) is 9.59 Å². The fourth-order valence-electron chi connectivity index (χ4n) is 3.50. The van der Waals surface area contributed by atoms with Gasteiger partial charge in [-0.25, -0.2) is 0 Å². The summed E-state index contributed by atoms with van der Waals surface area (Å²) in [4.78, 5) is 28.3. The third-order valence-electron chi connectivity index (χ3n) is 4.68. The molecule has 2 aliphatic heterocycles. The summed E-state index contributed by atoms with van der Waals surface area (Å²) in [5, 5.41) is 0. The number of likely N-dealkylation sites (tertiary alicyclic amines) is 1. The van der Waals surface area contributed by atoms with Gasteiger partial charge < -0.3 is 19.3 Å². The van der Waals surface area contributed by atoms with Gasteiger partial charge in [0.15, 0.2) is 0 Å². The van der Waals surface area contributed by atoms with Crippen molar-refractivity contribution < 1.29 is 19.1 Å². The van der Waals surface area contributed by atoms with Gasteiger partial charge in [0.2, 0.25) is 11.8 Å². The van der Waals surface area contributed by atoms with Gasteiger partial charge in [-0.3, -0.25) is 9.59 Å². The molecule has 22 heavy (non-hydrogen) atoms. The van der Waals surface area contributed by atoms with Crippen LogP contribution < -0.4 is 9.64 Å². The van der Waals surface area contributed by atoms with E-state index in [-0.39, 0.29) is 18.4 Å². The highest BCUT2D eigenvalue weighted by Crippen LogP contribution is 2.47. The minimum Gasteiger partial charge on any atom is -0.497 e. The number of rotatable bonds is 3. The zero-order valence-corrected chi connectivity index (χ0v) is 13.1. The molecule has 1 atom stereocenters. The van der Waals surface area contributed by atoms with E-state index in [1.807, 2.05) is 18.2 Å². The molecule has 1 aromatic rings. The van der Waals surface area contributed by atoms with Crippen molar-refractivity contribution in [2.45, 2.75) is 11.8 Å². The highest BCUT2D eigenvalue weighted by atomic mass is 16.5. The van der Waals surface area contributed by atoms with E-state index in [0.29, 0.717) is 19.5 Å². The van der Waals surface area contributed by atoms with Gasteiger partial charge in [-0.1, -0.05) is 0 Å². The molecule has 0 aliphatic carbocycles. The van der Waals surface area contributed by atoms with E-state index in [1.54, 1.807) is 24.0 Å². The van der Waals surface area contributed by atoms with Crippen molar-refractivity contribution in [3.63, 3.8) is 0 Å². The number of carbonyl (C=O) groups is 2. The molecule has 3 rings (SSSR count). The maximum absolute atomic E-state index is 12.8. The molecule has 1 spiro atoms. The number of hydrogen-bond acceptors (Lipinski definition) is 4. The summed E-state index contributed by atoms with van der Waals surface area (Å²) < 4.78 is 10.2. The molecule has 6 nitrogen and oxygen atoms in total. The lowest BCUT2D eigenvalue weighted by Crippen LogP contribution is -2.42. The summed E-state index contributed by atoms with van der Waals surface area (Å²) in [5.41, 5.74) is 1.20. The van der Waals surface area contributed by atoms with E-state index < -0.39 is 5.41 Å². The van der Waals surface area contributed by atoms with Crippen LogP contribution in [0.15, 0.2) is 18.2 Å². The van der Waals surface area contributed by atoms with Crippen LogP contribution in [0.1, 0.15) is 12.0 Å². The van der Waals surface area contributed by atoms with Crippen molar-refractivity contribution >= 4 is 17.5 Å². The molecule has 2 heterocycles. The highest BCUT2D eigenvalue weighted by molar-refractivity contribution is 6.08. The first-order chi connectivity index (χ1) is 10.5. The van der Waals surface area contributed by atoms with E-state index in [2.05, 4.69) is 0 Å². The lowest BCUT2D eigenvalue weighted by molar-refractivity contribution is -0.134. The number of likely N-dealkylation sites (N-methyl/N-ethyl adjacent to an activating group) is 1. The molecule has 0 radical (unpaired) electrons. The first-order valence-electron chi connectivity index (χ1n) is 7.27. The summed E-state index contributed by atoms with van der Waals surface area (Å²) in [6.07, 6.45) is 0.631. The van der Waals surface area contributed by atoms with Gasteiger partial charge >= 0.3 is 0 Å². The molecular formula is C16H20N2O4. The summed E-state index contributed by atoms with van der Waals surface area (Å²) in [5.74, 6) is 0.692. The first kappa shape index (κ1) is 14.8. The van der Waals surface area contributed by atoms with Crippen LogP contribution in [0, 0.1) is 0 Å². The molecule has 0 saturated carbocycles. The fraction of sp³-hybridized carbons (Fsp3) is 0.500. The summed E-state index contributed by atoms with van der Waals surface area (Å²) in [6.45, 7) is 1.02. The van der Waals surface area contributed by atoms with E-state index in [1.165, 1.54) is 7.11 Å². The number of fused-ring (bicyclic) bond motifs is 2. The Labute approximate surface area is 129 Å².